The highest BCUT2D eigenvalue weighted by Crippen LogP contribution is 2.41. The van der Waals surface area contributed by atoms with Crippen LogP contribution >= 0.6 is 0 Å². The van der Waals surface area contributed by atoms with Gasteiger partial charge in [0.25, 0.3) is 0 Å². The molecule has 0 spiro atoms. The summed E-state index contributed by atoms with van der Waals surface area (Å²) < 4.78 is 11.4. The number of carbonyl (C=O) groups is 1. The van der Waals surface area contributed by atoms with E-state index in [1.54, 1.807) is 7.11 Å². The molecule has 30 heavy (non-hydrogen) atoms. The molecule has 154 valence electrons. The molecule has 1 N–H and O–H groups in total. The lowest BCUT2D eigenvalue weighted by molar-refractivity contribution is -0.128. The summed E-state index contributed by atoms with van der Waals surface area (Å²) in [5.74, 6) is 1.21. The van der Waals surface area contributed by atoms with Crippen LogP contribution in [0.4, 0.5) is 0 Å². The van der Waals surface area contributed by atoms with E-state index < -0.39 is 0 Å². The van der Waals surface area contributed by atoms with Crippen LogP contribution < -0.4 is 10.1 Å². The zero-order chi connectivity index (χ0) is 20.8. The van der Waals surface area contributed by atoms with Gasteiger partial charge in [0.1, 0.15) is 18.5 Å². The van der Waals surface area contributed by atoms with Crippen molar-refractivity contribution in [3.05, 3.63) is 102 Å². The molecular weight excluding hydrogens is 374 g/mol. The van der Waals surface area contributed by atoms with Gasteiger partial charge in [0, 0.05) is 0 Å². The Hall–Kier alpha value is -3.11. The van der Waals surface area contributed by atoms with E-state index in [1.807, 2.05) is 84.9 Å². The van der Waals surface area contributed by atoms with E-state index in [1.165, 1.54) is 0 Å². The summed E-state index contributed by atoms with van der Waals surface area (Å²) in [4.78, 5) is 12.8. The van der Waals surface area contributed by atoms with Gasteiger partial charge in [-0.1, -0.05) is 72.8 Å². The SMILES string of the molecule is COc1ccc(C(NC(=O)COC(c2ccccc2)c2ccccc2)C2CC2)cc1. The molecule has 0 radical (unpaired) electrons. The predicted molar refractivity (Wildman–Crippen MR) is 117 cm³/mol. The first-order valence-corrected chi connectivity index (χ1v) is 10.4. The number of hydrogen-bond acceptors (Lipinski definition) is 3. The molecule has 0 heterocycles. The minimum atomic E-state index is -0.279. The molecule has 0 bridgehead atoms. The number of carbonyl (C=O) groups excluding carboxylic acids is 1. The second-order valence-electron chi connectivity index (χ2n) is 7.67. The van der Waals surface area contributed by atoms with E-state index in [0.717, 1.165) is 35.3 Å². The van der Waals surface area contributed by atoms with Crippen LogP contribution in [0.1, 0.15) is 41.7 Å². The predicted octanol–water partition coefficient (Wildman–Crippen LogP) is 5.07. The van der Waals surface area contributed by atoms with E-state index in [-0.39, 0.29) is 24.7 Å². The number of ether oxygens (including phenoxy) is 2. The summed E-state index contributed by atoms with van der Waals surface area (Å²) in [6.07, 6.45) is 1.99. The van der Waals surface area contributed by atoms with Crippen molar-refractivity contribution >= 4 is 5.91 Å². The summed E-state index contributed by atoms with van der Waals surface area (Å²) in [5, 5.41) is 3.19. The summed E-state index contributed by atoms with van der Waals surface area (Å²) in [5.41, 5.74) is 3.17. The molecule has 3 aromatic rings. The third kappa shape index (κ3) is 5.08. The number of nitrogens with one attached hydrogen (secondary N) is 1. The van der Waals surface area contributed by atoms with Crippen LogP contribution in [-0.4, -0.2) is 19.6 Å². The maximum atomic E-state index is 12.8. The van der Waals surface area contributed by atoms with Gasteiger partial charge in [-0.25, -0.2) is 0 Å². The smallest absolute Gasteiger partial charge is 0.246 e. The number of benzene rings is 3. The molecule has 1 unspecified atom stereocenters. The van der Waals surface area contributed by atoms with Crippen LogP contribution in [0.15, 0.2) is 84.9 Å². The van der Waals surface area contributed by atoms with Gasteiger partial charge in [0.15, 0.2) is 0 Å². The number of hydrogen-bond donors (Lipinski definition) is 1. The van der Waals surface area contributed by atoms with Gasteiger partial charge in [-0.05, 0) is 47.6 Å². The molecule has 1 saturated carbocycles. The molecule has 1 aliphatic carbocycles. The molecule has 4 heteroatoms. The maximum absolute atomic E-state index is 12.8. The summed E-state index contributed by atoms with van der Waals surface area (Å²) in [6, 6.07) is 28.0. The fraction of sp³-hybridized carbons (Fsp3) is 0.269. The molecule has 0 aromatic heterocycles. The van der Waals surface area contributed by atoms with E-state index in [0.29, 0.717) is 5.92 Å². The topological polar surface area (TPSA) is 47.6 Å². The van der Waals surface area contributed by atoms with E-state index >= 15 is 0 Å². The first kappa shape index (κ1) is 20.2. The first-order valence-electron chi connectivity index (χ1n) is 10.4. The second-order valence-corrected chi connectivity index (χ2v) is 7.67. The lowest BCUT2D eigenvalue weighted by Gasteiger charge is -2.22. The Balaban J connectivity index is 1.43. The van der Waals surface area contributed by atoms with Gasteiger partial charge < -0.3 is 14.8 Å². The minimum absolute atomic E-state index is 0.00777. The molecule has 3 aromatic carbocycles. The molecule has 1 fully saturated rings. The fourth-order valence-corrected chi connectivity index (χ4v) is 3.73. The average molecular weight is 402 g/mol. The summed E-state index contributed by atoms with van der Waals surface area (Å²) >= 11 is 0. The third-order valence-corrected chi connectivity index (χ3v) is 5.47. The van der Waals surface area contributed by atoms with E-state index in [2.05, 4.69) is 5.32 Å². The first-order chi connectivity index (χ1) is 14.7. The van der Waals surface area contributed by atoms with Crippen LogP contribution in [0.3, 0.4) is 0 Å². The highest BCUT2D eigenvalue weighted by molar-refractivity contribution is 5.78. The Morgan fingerprint density at radius 1 is 0.867 bits per heavy atom. The Labute approximate surface area is 177 Å². The van der Waals surface area contributed by atoms with Crippen molar-refractivity contribution in [1.82, 2.24) is 5.32 Å². The lowest BCUT2D eigenvalue weighted by Crippen LogP contribution is -2.33. The molecule has 1 amide bonds. The molecule has 1 aliphatic rings. The molecule has 4 nitrogen and oxygen atoms in total. The van der Waals surface area contributed by atoms with Crippen LogP contribution in [0.5, 0.6) is 5.75 Å². The Morgan fingerprint density at radius 3 is 1.93 bits per heavy atom. The Morgan fingerprint density at radius 2 is 1.43 bits per heavy atom. The zero-order valence-corrected chi connectivity index (χ0v) is 17.2. The molecule has 4 rings (SSSR count). The quantitative estimate of drug-likeness (QED) is 0.545. The third-order valence-electron chi connectivity index (χ3n) is 5.47. The monoisotopic (exact) mass is 401 g/mol. The number of rotatable bonds is 9. The van der Waals surface area contributed by atoms with Crippen LogP contribution in [0, 0.1) is 5.92 Å². The van der Waals surface area contributed by atoms with Crippen molar-refractivity contribution < 1.29 is 14.3 Å². The van der Waals surface area contributed by atoms with Crippen molar-refractivity contribution in [3.8, 4) is 5.75 Å². The van der Waals surface area contributed by atoms with Gasteiger partial charge in [-0.3, -0.25) is 4.79 Å². The van der Waals surface area contributed by atoms with E-state index in [9.17, 15) is 4.79 Å². The molecule has 0 aliphatic heterocycles. The minimum Gasteiger partial charge on any atom is -0.497 e. The summed E-state index contributed by atoms with van der Waals surface area (Å²) in [6.45, 7) is 0.00777. The van der Waals surface area contributed by atoms with Gasteiger partial charge in [0.05, 0.1) is 13.2 Å². The van der Waals surface area contributed by atoms with Gasteiger partial charge >= 0.3 is 0 Å². The Bertz CT molecular complexity index is 898. The number of methoxy groups -OCH3 is 1. The molecule has 1 atom stereocenters. The highest BCUT2D eigenvalue weighted by atomic mass is 16.5. The van der Waals surface area contributed by atoms with E-state index in [4.69, 9.17) is 9.47 Å². The molecule has 0 saturated heterocycles. The standard InChI is InChI=1S/C26H27NO3/c1-29-23-16-14-20(15-17-23)25(19-12-13-19)27-24(28)18-30-26(21-8-4-2-5-9-21)22-10-6-3-7-11-22/h2-11,14-17,19,25-26H,12-13,18H2,1H3,(H,27,28). The molecular formula is C26H27NO3. The van der Waals surface area contributed by atoms with Gasteiger partial charge in [0.2, 0.25) is 5.91 Å². The highest BCUT2D eigenvalue weighted by Gasteiger charge is 2.33. The van der Waals surface area contributed by atoms with Crippen molar-refractivity contribution in [2.24, 2.45) is 5.92 Å². The normalized spacial score (nSPS) is 14.3. The van der Waals surface area contributed by atoms with Crippen LogP contribution in [0.2, 0.25) is 0 Å². The van der Waals surface area contributed by atoms with Gasteiger partial charge in [-0.15, -0.1) is 0 Å². The van der Waals surface area contributed by atoms with Crippen molar-refractivity contribution in [3.63, 3.8) is 0 Å². The van der Waals surface area contributed by atoms with Crippen molar-refractivity contribution in [2.45, 2.75) is 25.0 Å². The number of amides is 1. The van der Waals surface area contributed by atoms with Crippen LogP contribution in [-0.2, 0) is 9.53 Å². The largest absolute Gasteiger partial charge is 0.497 e. The van der Waals surface area contributed by atoms with Gasteiger partial charge in [-0.2, -0.15) is 0 Å². The van der Waals surface area contributed by atoms with Crippen molar-refractivity contribution in [2.75, 3.05) is 13.7 Å². The Kier molecular flexibility index (Phi) is 6.45. The lowest BCUT2D eigenvalue weighted by atomic mass is 10.0. The van der Waals surface area contributed by atoms with Crippen molar-refractivity contribution in [1.29, 1.82) is 0 Å². The fourth-order valence-electron chi connectivity index (χ4n) is 3.73. The van der Waals surface area contributed by atoms with Crippen LogP contribution in [0.25, 0.3) is 0 Å². The average Bonchev–Trinajstić information content (AvgIpc) is 3.64. The summed E-state index contributed by atoms with van der Waals surface area (Å²) in [7, 11) is 1.66. The zero-order valence-electron chi connectivity index (χ0n) is 17.2. The second kappa shape index (κ2) is 9.59. The maximum Gasteiger partial charge on any atom is 0.246 e.